The van der Waals surface area contributed by atoms with Gasteiger partial charge in [0, 0.05) is 12.1 Å². The van der Waals surface area contributed by atoms with Crippen molar-refractivity contribution in [1.82, 2.24) is 10.1 Å². The van der Waals surface area contributed by atoms with Gasteiger partial charge in [0.05, 0.1) is 0 Å². The fourth-order valence-corrected chi connectivity index (χ4v) is 1.24. The lowest BCUT2D eigenvalue weighted by molar-refractivity contribution is 0.432. The van der Waals surface area contributed by atoms with E-state index >= 15 is 0 Å². The second-order valence-corrected chi connectivity index (χ2v) is 3.36. The molecule has 0 unspecified atom stereocenters. The molecule has 0 radical (unpaired) electrons. The first-order chi connectivity index (χ1) is 7.79. The number of benzene rings is 1. The molecule has 0 bridgehead atoms. The van der Waals surface area contributed by atoms with Crippen LogP contribution >= 0.6 is 0 Å². The normalized spacial score (nSPS) is 10.4. The van der Waals surface area contributed by atoms with Gasteiger partial charge in [-0.05, 0) is 30.7 Å². The Balaban J connectivity index is 2.15. The summed E-state index contributed by atoms with van der Waals surface area (Å²) in [7, 11) is 0. The third-order valence-electron chi connectivity index (χ3n) is 2.05. The number of hydrogen-bond donors (Lipinski definition) is 1. The molecule has 1 aromatic carbocycles. The van der Waals surface area contributed by atoms with Gasteiger partial charge in [-0.15, -0.1) is 0 Å². The van der Waals surface area contributed by atoms with E-state index in [1.807, 2.05) is 6.92 Å². The van der Waals surface area contributed by atoms with Crippen LogP contribution in [0.5, 0.6) is 0 Å². The largest absolute Gasteiger partial charge is 0.338 e. The van der Waals surface area contributed by atoms with Gasteiger partial charge in [-0.25, -0.2) is 4.39 Å². The van der Waals surface area contributed by atoms with E-state index in [1.165, 1.54) is 12.1 Å². The monoisotopic (exact) mass is 221 g/mol. The van der Waals surface area contributed by atoms with Gasteiger partial charge in [0.25, 0.3) is 0 Å². The molecule has 0 aliphatic carbocycles. The number of aromatic nitrogens is 2. The summed E-state index contributed by atoms with van der Waals surface area (Å²) in [6, 6.07) is 6.35. The molecule has 0 amide bonds. The van der Waals surface area contributed by atoms with E-state index in [1.54, 1.807) is 12.1 Å². The molecule has 1 N–H and O–H groups in total. The molecule has 0 aliphatic heterocycles. The molecule has 84 valence electrons. The van der Waals surface area contributed by atoms with Gasteiger partial charge in [-0.3, -0.25) is 0 Å². The molecule has 1 heterocycles. The summed E-state index contributed by atoms with van der Waals surface area (Å²) < 4.78 is 17.7. The van der Waals surface area contributed by atoms with Crippen molar-refractivity contribution in [2.24, 2.45) is 0 Å². The molecular formula is C11H12FN3O. The van der Waals surface area contributed by atoms with Crippen molar-refractivity contribution in [3.05, 3.63) is 30.1 Å². The van der Waals surface area contributed by atoms with Crippen LogP contribution < -0.4 is 5.32 Å². The van der Waals surface area contributed by atoms with E-state index in [0.717, 1.165) is 18.5 Å². The zero-order valence-corrected chi connectivity index (χ0v) is 8.90. The molecule has 1 aromatic heterocycles. The van der Waals surface area contributed by atoms with Crippen molar-refractivity contribution in [1.29, 1.82) is 0 Å². The lowest BCUT2D eigenvalue weighted by atomic mass is 10.2. The quantitative estimate of drug-likeness (QED) is 0.862. The van der Waals surface area contributed by atoms with Crippen LogP contribution in [0, 0.1) is 5.82 Å². The number of nitrogens with zero attached hydrogens (tertiary/aromatic N) is 2. The number of anilines is 1. The highest BCUT2D eigenvalue weighted by molar-refractivity contribution is 5.55. The predicted molar refractivity (Wildman–Crippen MR) is 58.5 cm³/mol. The smallest absolute Gasteiger partial charge is 0.321 e. The van der Waals surface area contributed by atoms with Gasteiger partial charge in [-0.2, -0.15) is 4.98 Å². The maximum Gasteiger partial charge on any atom is 0.321 e. The number of halogens is 1. The summed E-state index contributed by atoms with van der Waals surface area (Å²) in [6.45, 7) is 2.83. The van der Waals surface area contributed by atoms with Crippen molar-refractivity contribution in [2.45, 2.75) is 13.3 Å². The lowest BCUT2D eigenvalue weighted by Gasteiger charge is -1.94. The van der Waals surface area contributed by atoms with E-state index in [4.69, 9.17) is 4.52 Å². The molecule has 0 spiro atoms. The minimum absolute atomic E-state index is 0.281. The first-order valence-corrected chi connectivity index (χ1v) is 5.13. The lowest BCUT2D eigenvalue weighted by Crippen LogP contribution is -1.99. The van der Waals surface area contributed by atoms with Gasteiger partial charge in [-0.1, -0.05) is 12.1 Å². The third kappa shape index (κ3) is 2.36. The van der Waals surface area contributed by atoms with Gasteiger partial charge < -0.3 is 9.84 Å². The summed E-state index contributed by atoms with van der Waals surface area (Å²) in [5, 5.41) is 6.78. The Morgan fingerprint density at radius 1 is 1.31 bits per heavy atom. The number of hydrogen-bond acceptors (Lipinski definition) is 4. The van der Waals surface area contributed by atoms with Crippen LogP contribution in [-0.2, 0) is 0 Å². The summed E-state index contributed by atoms with van der Waals surface area (Å²) in [6.07, 6.45) is 0.980. The van der Waals surface area contributed by atoms with E-state index < -0.39 is 0 Å². The van der Waals surface area contributed by atoms with Crippen LogP contribution in [0.2, 0.25) is 0 Å². The average Bonchev–Trinajstić information content (AvgIpc) is 2.76. The fraction of sp³-hybridized carbons (Fsp3) is 0.273. The van der Waals surface area contributed by atoms with Crippen LogP contribution in [0.3, 0.4) is 0 Å². The molecule has 2 rings (SSSR count). The molecule has 0 saturated carbocycles. The Bertz CT molecular complexity index is 453. The maximum absolute atomic E-state index is 12.7. The Morgan fingerprint density at radius 2 is 2.06 bits per heavy atom. The second-order valence-electron chi connectivity index (χ2n) is 3.36. The minimum Gasteiger partial charge on any atom is -0.338 e. The molecule has 0 fully saturated rings. The second kappa shape index (κ2) is 4.74. The first kappa shape index (κ1) is 10.6. The molecule has 0 aliphatic rings. The fourth-order valence-electron chi connectivity index (χ4n) is 1.24. The maximum atomic E-state index is 12.7. The summed E-state index contributed by atoms with van der Waals surface area (Å²) in [4.78, 5) is 4.14. The van der Waals surface area contributed by atoms with Gasteiger partial charge in [0.2, 0.25) is 5.82 Å². The number of rotatable bonds is 4. The minimum atomic E-state index is -0.281. The summed E-state index contributed by atoms with van der Waals surface area (Å²) in [5.41, 5.74) is 0.731. The van der Waals surface area contributed by atoms with E-state index in [2.05, 4.69) is 15.5 Å². The van der Waals surface area contributed by atoms with E-state index in [0.29, 0.717) is 11.8 Å². The third-order valence-corrected chi connectivity index (χ3v) is 2.05. The Hall–Kier alpha value is -1.91. The summed E-state index contributed by atoms with van der Waals surface area (Å²) >= 11 is 0. The van der Waals surface area contributed by atoms with Crippen molar-refractivity contribution >= 4 is 6.01 Å². The predicted octanol–water partition coefficient (Wildman–Crippen LogP) is 2.70. The SMILES string of the molecule is CCCNc1nc(-c2ccc(F)cc2)no1. The van der Waals surface area contributed by atoms with Gasteiger partial charge in [0.15, 0.2) is 0 Å². The van der Waals surface area contributed by atoms with Crippen LogP contribution in [0.25, 0.3) is 11.4 Å². The van der Waals surface area contributed by atoms with Crippen LogP contribution in [0.1, 0.15) is 13.3 Å². The Morgan fingerprint density at radius 3 is 2.75 bits per heavy atom. The van der Waals surface area contributed by atoms with Crippen molar-refractivity contribution in [3.63, 3.8) is 0 Å². The molecule has 0 saturated heterocycles. The Kier molecular flexibility index (Phi) is 3.14. The Labute approximate surface area is 92.5 Å². The summed E-state index contributed by atoms with van der Waals surface area (Å²) in [5.74, 6) is 0.176. The van der Waals surface area contributed by atoms with Crippen LogP contribution in [0.15, 0.2) is 28.8 Å². The molecule has 2 aromatic rings. The standard InChI is InChI=1S/C11H12FN3O/c1-2-7-13-11-14-10(15-16-11)8-3-5-9(12)6-4-8/h3-6H,2,7H2,1H3,(H,13,14,15). The molecule has 5 heteroatoms. The van der Waals surface area contributed by atoms with Crippen molar-refractivity contribution < 1.29 is 8.91 Å². The van der Waals surface area contributed by atoms with Crippen molar-refractivity contribution in [2.75, 3.05) is 11.9 Å². The highest BCUT2D eigenvalue weighted by Crippen LogP contribution is 2.17. The molecule has 4 nitrogen and oxygen atoms in total. The highest BCUT2D eigenvalue weighted by atomic mass is 19.1. The molecule has 0 atom stereocenters. The topological polar surface area (TPSA) is 51.0 Å². The van der Waals surface area contributed by atoms with Crippen LogP contribution in [-0.4, -0.2) is 16.7 Å². The van der Waals surface area contributed by atoms with Crippen molar-refractivity contribution in [3.8, 4) is 11.4 Å². The van der Waals surface area contributed by atoms with Gasteiger partial charge >= 0.3 is 6.01 Å². The van der Waals surface area contributed by atoms with E-state index in [-0.39, 0.29) is 5.82 Å². The number of nitrogens with one attached hydrogen (secondary N) is 1. The highest BCUT2D eigenvalue weighted by Gasteiger charge is 2.07. The van der Waals surface area contributed by atoms with E-state index in [9.17, 15) is 4.39 Å². The molecular weight excluding hydrogens is 209 g/mol. The zero-order chi connectivity index (χ0) is 11.4. The zero-order valence-electron chi connectivity index (χ0n) is 8.90. The average molecular weight is 221 g/mol. The van der Waals surface area contributed by atoms with Crippen LogP contribution in [0.4, 0.5) is 10.4 Å². The first-order valence-electron chi connectivity index (χ1n) is 5.13. The van der Waals surface area contributed by atoms with Gasteiger partial charge in [0.1, 0.15) is 5.82 Å². The molecule has 16 heavy (non-hydrogen) atoms.